The van der Waals surface area contributed by atoms with Gasteiger partial charge in [0.25, 0.3) is 0 Å². The number of nitrogens with one attached hydrogen (secondary N) is 1. The van der Waals surface area contributed by atoms with Crippen molar-refractivity contribution in [2.75, 3.05) is 13.7 Å². The quantitative estimate of drug-likeness (QED) is 0.181. The Morgan fingerprint density at radius 3 is 2.11 bits per heavy atom. The smallest absolute Gasteiger partial charge is 0.338 e. The number of rotatable bonds is 12. The van der Waals surface area contributed by atoms with Crippen LogP contribution in [0.4, 0.5) is 0 Å². The van der Waals surface area contributed by atoms with Gasteiger partial charge in [0.05, 0.1) is 35.6 Å². The zero-order valence-corrected chi connectivity index (χ0v) is 33.2. The summed E-state index contributed by atoms with van der Waals surface area (Å²) in [6.45, 7) is 10.5. The topological polar surface area (TPSA) is 204 Å². The lowest BCUT2D eigenvalue weighted by atomic mass is 9.46. The minimum absolute atomic E-state index is 0.107. The van der Waals surface area contributed by atoms with Crippen LogP contribution in [0.15, 0.2) is 60.7 Å². The normalized spacial score (nSPS) is 32.5. The van der Waals surface area contributed by atoms with E-state index in [4.69, 9.17) is 23.7 Å². The van der Waals surface area contributed by atoms with Gasteiger partial charge in [-0.05, 0) is 37.0 Å². The summed E-state index contributed by atoms with van der Waals surface area (Å²) in [4.78, 5) is 68.0. The van der Waals surface area contributed by atoms with Gasteiger partial charge in [-0.1, -0.05) is 76.2 Å². The third-order valence-electron chi connectivity index (χ3n) is 12.3. The maximum atomic E-state index is 14.8. The molecule has 1 amide bonds. The van der Waals surface area contributed by atoms with Crippen LogP contribution in [0.2, 0.25) is 0 Å². The van der Waals surface area contributed by atoms with Crippen LogP contribution in [0.25, 0.3) is 0 Å². The van der Waals surface area contributed by atoms with Crippen molar-refractivity contribution in [1.82, 2.24) is 5.32 Å². The van der Waals surface area contributed by atoms with Crippen molar-refractivity contribution < 1.29 is 63.0 Å². The molecule has 1 unspecified atom stereocenters. The summed E-state index contributed by atoms with van der Waals surface area (Å²) in [6.07, 6.45) is -8.97. The van der Waals surface area contributed by atoms with Gasteiger partial charge in [-0.25, -0.2) is 9.59 Å². The van der Waals surface area contributed by atoms with E-state index in [2.05, 4.69) is 5.32 Å². The molecule has 0 aromatic heterocycles. The fourth-order valence-electron chi connectivity index (χ4n) is 8.95. The molecule has 306 valence electrons. The van der Waals surface area contributed by atoms with Gasteiger partial charge in [0.1, 0.15) is 30.0 Å². The molecule has 3 fully saturated rings. The van der Waals surface area contributed by atoms with E-state index < -0.39 is 113 Å². The maximum Gasteiger partial charge on any atom is 0.338 e. The molecule has 3 aliphatic rings. The molecule has 2 saturated carbocycles. The van der Waals surface area contributed by atoms with Gasteiger partial charge in [0.2, 0.25) is 5.91 Å². The second-order valence-electron chi connectivity index (χ2n) is 16.6. The first kappa shape index (κ1) is 42.9. The molecule has 0 radical (unpaired) electrons. The Balaban J connectivity index is 1.68. The number of aliphatic hydroxyl groups excluding tert-OH is 2. The minimum Gasteiger partial charge on any atom is -0.460 e. The summed E-state index contributed by atoms with van der Waals surface area (Å²) in [5.74, 6) is -5.66. The highest BCUT2D eigenvalue weighted by atomic mass is 16.6. The molecule has 2 aromatic rings. The molecule has 14 nitrogen and oxygen atoms in total. The first-order valence-electron chi connectivity index (χ1n) is 19.0. The average Bonchev–Trinajstić information content (AvgIpc) is 3.15. The monoisotopic (exact) mass is 781 g/mol. The van der Waals surface area contributed by atoms with Crippen LogP contribution in [-0.2, 0) is 42.9 Å². The van der Waals surface area contributed by atoms with Crippen LogP contribution in [-0.4, -0.2) is 106 Å². The van der Waals surface area contributed by atoms with Crippen LogP contribution in [0.5, 0.6) is 0 Å². The molecule has 1 saturated heterocycles. The molecule has 56 heavy (non-hydrogen) atoms. The molecule has 0 bridgehead atoms. The van der Waals surface area contributed by atoms with Gasteiger partial charge < -0.3 is 44.3 Å². The van der Waals surface area contributed by atoms with Crippen molar-refractivity contribution in [3.05, 3.63) is 71.8 Å². The van der Waals surface area contributed by atoms with Crippen molar-refractivity contribution in [2.24, 2.45) is 22.7 Å². The van der Waals surface area contributed by atoms with Gasteiger partial charge in [0.15, 0.2) is 17.5 Å². The van der Waals surface area contributed by atoms with Crippen molar-refractivity contribution >= 4 is 29.6 Å². The highest BCUT2D eigenvalue weighted by Gasteiger charge is 2.76. The molecule has 2 aromatic carbocycles. The number of methoxy groups -OCH3 is 1. The van der Waals surface area contributed by atoms with E-state index in [9.17, 15) is 39.3 Å². The first-order chi connectivity index (χ1) is 26.2. The number of ketones is 1. The van der Waals surface area contributed by atoms with Gasteiger partial charge in [-0.2, -0.15) is 0 Å². The summed E-state index contributed by atoms with van der Waals surface area (Å²) < 4.78 is 30.2. The summed E-state index contributed by atoms with van der Waals surface area (Å²) in [5.41, 5.74) is -6.56. The molecule has 11 atom stereocenters. The van der Waals surface area contributed by atoms with Crippen LogP contribution in [0.1, 0.15) is 89.7 Å². The van der Waals surface area contributed by atoms with E-state index in [1.807, 2.05) is 0 Å². The Kier molecular flexibility index (Phi) is 12.5. The van der Waals surface area contributed by atoms with Crippen molar-refractivity contribution in [3.8, 4) is 0 Å². The molecule has 1 heterocycles. The minimum atomic E-state index is -2.23. The van der Waals surface area contributed by atoms with E-state index in [0.717, 1.165) is 0 Å². The maximum absolute atomic E-state index is 14.8. The summed E-state index contributed by atoms with van der Waals surface area (Å²) >= 11 is 0. The molecule has 0 spiro atoms. The number of aliphatic hydroxyl groups is 3. The van der Waals surface area contributed by atoms with Gasteiger partial charge >= 0.3 is 17.9 Å². The molecule has 14 heteroatoms. The van der Waals surface area contributed by atoms with Gasteiger partial charge in [0, 0.05) is 39.2 Å². The fraction of sp³-hybridized carbons (Fsp3) is 0.595. The Labute approximate surface area is 327 Å². The third-order valence-corrected chi connectivity index (χ3v) is 12.3. The highest BCUT2D eigenvalue weighted by molar-refractivity contribution is 5.92. The second-order valence-corrected chi connectivity index (χ2v) is 16.6. The lowest BCUT2D eigenvalue weighted by Crippen LogP contribution is -2.81. The van der Waals surface area contributed by atoms with Crippen LogP contribution in [0.3, 0.4) is 0 Å². The fourth-order valence-corrected chi connectivity index (χ4v) is 8.95. The highest BCUT2D eigenvalue weighted by Crippen LogP contribution is 2.62. The van der Waals surface area contributed by atoms with Gasteiger partial charge in [-0.3, -0.25) is 14.4 Å². The number of esters is 3. The number of Topliss-reactive ketones (excluding diaryl/α,β-unsaturated/α-hetero) is 1. The largest absolute Gasteiger partial charge is 0.460 e. The summed E-state index contributed by atoms with van der Waals surface area (Å²) in [6, 6.07) is 15.2. The van der Waals surface area contributed by atoms with Crippen LogP contribution >= 0.6 is 0 Å². The lowest BCUT2D eigenvalue weighted by molar-refractivity contribution is -0.348. The third kappa shape index (κ3) is 7.73. The SMILES string of the molecule is CO[C@@H]1CC(C)(C)C(O)(C[C@H](OC(=O)[C@H](O)[C@@H](NC(C)=O)c2ccccc2)C(C)C)[C@@H](OC(=O)c2ccccc2)[C@@H]2[C@]3(OC(C)=O)CO[C@@H]3C[C@H](O)[C@@]2(C)C1=O. The standard InChI is InChI=1S/C42H55NO13/c1-23(2)28(54-38(50)33(47)32(43-24(3)44)26-15-11-9-12-16-26)21-42(51)36(55-37(49)27-17-13-10-14-18-27)34-40(7,35(48)29(52-8)20-39(42,5)6)30(46)19-31-41(34,22-53-31)56-25(4)45/h9-18,23,28-34,36,46-47,51H,19-22H2,1-8H3,(H,43,44)/t28-,29+,30-,31+,32-,33+,34-,36-,40+,41-,42?/m0/s1. The number of carbonyl (C=O) groups excluding carboxylic acids is 5. The zero-order valence-electron chi connectivity index (χ0n) is 33.2. The molecule has 5 rings (SSSR count). The Morgan fingerprint density at radius 2 is 1.59 bits per heavy atom. The predicted octanol–water partition coefficient (Wildman–Crippen LogP) is 3.24. The number of carbonyl (C=O) groups is 5. The average molecular weight is 782 g/mol. The Hall–Kier alpha value is -4.21. The Bertz CT molecular complexity index is 1770. The van der Waals surface area contributed by atoms with Crippen molar-refractivity contribution in [1.29, 1.82) is 0 Å². The van der Waals surface area contributed by atoms with Crippen molar-refractivity contribution in [3.63, 3.8) is 0 Å². The lowest BCUT2D eigenvalue weighted by Gasteiger charge is -2.66. The van der Waals surface area contributed by atoms with E-state index >= 15 is 0 Å². The number of hydrogen-bond donors (Lipinski definition) is 4. The van der Waals surface area contributed by atoms with Crippen LogP contribution < -0.4 is 5.32 Å². The van der Waals surface area contributed by atoms with Gasteiger partial charge in [-0.15, -0.1) is 0 Å². The molecule has 4 N–H and O–H groups in total. The molecular weight excluding hydrogens is 726 g/mol. The number of benzene rings is 2. The summed E-state index contributed by atoms with van der Waals surface area (Å²) in [5, 5.41) is 39.6. The van der Waals surface area contributed by atoms with E-state index in [1.54, 1.807) is 76.2 Å². The van der Waals surface area contributed by atoms with Crippen molar-refractivity contribution in [2.45, 2.75) is 122 Å². The number of fused-ring (bicyclic) bond motifs is 3. The molecule has 1 aliphatic heterocycles. The van der Waals surface area contributed by atoms with E-state index in [0.29, 0.717) is 5.56 Å². The van der Waals surface area contributed by atoms with E-state index in [1.165, 1.54) is 40.0 Å². The first-order valence-corrected chi connectivity index (χ1v) is 19.0. The van der Waals surface area contributed by atoms with Crippen LogP contribution in [0, 0.1) is 22.7 Å². The predicted molar refractivity (Wildman–Crippen MR) is 200 cm³/mol. The number of amides is 1. The molecule has 2 aliphatic carbocycles. The summed E-state index contributed by atoms with van der Waals surface area (Å²) in [7, 11) is 1.34. The second kappa shape index (κ2) is 16.3. The van der Waals surface area contributed by atoms with E-state index in [-0.39, 0.29) is 25.0 Å². The zero-order chi connectivity index (χ0) is 41.4. The number of ether oxygens (including phenoxy) is 5. The number of hydrogen-bond acceptors (Lipinski definition) is 13. The molecular formula is C42H55NO13. The Morgan fingerprint density at radius 1 is 0.982 bits per heavy atom.